The molecule has 0 saturated carbocycles. The van der Waals surface area contributed by atoms with Crippen LogP contribution in [0.3, 0.4) is 0 Å². The minimum Gasteiger partial charge on any atom is -0.315 e. The van der Waals surface area contributed by atoms with Crippen molar-refractivity contribution in [3.8, 4) is 0 Å². The molecule has 0 amide bonds. The Bertz CT molecular complexity index is 185. The molecule has 1 aliphatic rings. The van der Waals surface area contributed by atoms with Gasteiger partial charge in [-0.25, -0.2) is 0 Å². The molecule has 1 rings (SSSR count). The maximum absolute atomic E-state index is 5.72. The molecule has 50 valence electrons. The van der Waals surface area contributed by atoms with Crippen LogP contribution in [0.2, 0.25) is 0 Å². The van der Waals surface area contributed by atoms with E-state index in [2.05, 4.69) is 4.72 Å². The van der Waals surface area contributed by atoms with E-state index in [9.17, 15) is 0 Å². The Balaban J connectivity index is 2.88. The lowest BCUT2D eigenvalue weighted by atomic mass is 10.3. The summed E-state index contributed by atoms with van der Waals surface area (Å²) in [6.07, 6.45) is 0. The van der Waals surface area contributed by atoms with Crippen molar-refractivity contribution in [3.63, 3.8) is 0 Å². The molecule has 1 nitrogen and oxygen atoms in total. The summed E-state index contributed by atoms with van der Waals surface area (Å²) < 4.78 is 2.82. The summed E-state index contributed by atoms with van der Waals surface area (Å²) in [6.45, 7) is 1.92. The molecule has 0 radical (unpaired) electrons. The standard InChI is InChI=1S/C5H5Cl2NS/c1-3-2-9-8-5(7)4(3)6/h2,8H,1H3. The summed E-state index contributed by atoms with van der Waals surface area (Å²) >= 11 is 12.8. The molecule has 0 fully saturated rings. The van der Waals surface area contributed by atoms with Gasteiger partial charge in [0.1, 0.15) is 5.16 Å². The predicted octanol–water partition coefficient (Wildman–Crippen LogP) is 2.79. The van der Waals surface area contributed by atoms with Crippen molar-refractivity contribution < 1.29 is 0 Å². The first-order valence-corrected chi connectivity index (χ1v) is 3.99. The van der Waals surface area contributed by atoms with E-state index in [-0.39, 0.29) is 0 Å². The summed E-state index contributed by atoms with van der Waals surface area (Å²) in [7, 11) is 0. The van der Waals surface area contributed by atoms with Crippen LogP contribution in [0.4, 0.5) is 0 Å². The summed E-state index contributed by atoms with van der Waals surface area (Å²) in [6, 6.07) is 0. The van der Waals surface area contributed by atoms with Gasteiger partial charge in [-0.1, -0.05) is 23.2 Å². The molecule has 0 aromatic carbocycles. The van der Waals surface area contributed by atoms with Crippen LogP contribution in [0, 0.1) is 0 Å². The van der Waals surface area contributed by atoms with Gasteiger partial charge >= 0.3 is 0 Å². The van der Waals surface area contributed by atoms with Gasteiger partial charge in [0.2, 0.25) is 0 Å². The molecule has 9 heavy (non-hydrogen) atoms. The average Bonchev–Trinajstić information content (AvgIpc) is 1.83. The second-order valence-electron chi connectivity index (χ2n) is 1.65. The van der Waals surface area contributed by atoms with E-state index in [1.165, 1.54) is 11.9 Å². The molecule has 1 aliphatic heterocycles. The lowest BCUT2D eigenvalue weighted by Gasteiger charge is -2.09. The topological polar surface area (TPSA) is 12.0 Å². The Morgan fingerprint density at radius 3 is 2.67 bits per heavy atom. The molecular formula is C5H5Cl2NS. The van der Waals surface area contributed by atoms with Crippen LogP contribution in [-0.4, -0.2) is 0 Å². The molecule has 4 heteroatoms. The Morgan fingerprint density at radius 1 is 1.56 bits per heavy atom. The third-order valence-corrected chi connectivity index (χ3v) is 2.70. The number of hydrogen-bond acceptors (Lipinski definition) is 2. The first-order chi connectivity index (χ1) is 4.22. The van der Waals surface area contributed by atoms with Gasteiger partial charge in [-0.2, -0.15) is 0 Å². The highest BCUT2D eigenvalue weighted by Crippen LogP contribution is 2.27. The zero-order chi connectivity index (χ0) is 6.85. The fraction of sp³-hybridized carbons (Fsp3) is 0.200. The van der Waals surface area contributed by atoms with E-state index in [4.69, 9.17) is 23.2 Å². The highest BCUT2D eigenvalue weighted by atomic mass is 35.5. The van der Waals surface area contributed by atoms with Crippen LogP contribution in [0.15, 0.2) is 21.2 Å². The lowest BCUT2D eigenvalue weighted by Crippen LogP contribution is -2.02. The molecule has 0 atom stereocenters. The SMILES string of the molecule is CC1=CSNC(Cl)=C1Cl. The van der Waals surface area contributed by atoms with Crippen LogP contribution >= 0.6 is 35.1 Å². The van der Waals surface area contributed by atoms with Crippen LogP contribution in [-0.2, 0) is 0 Å². The zero-order valence-electron chi connectivity index (χ0n) is 4.74. The molecule has 1 heterocycles. The third-order valence-electron chi connectivity index (χ3n) is 0.923. The van der Waals surface area contributed by atoms with Gasteiger partial charge < -0.3 is 4.72 Å². The molecular weight excluding hydrogens is 177 g/mol. The number of rotatable bonds is 0. The van der Waals surface area contributed by atoms with Crippen LogP contribution in [0.25, 0.3) is 0 Å². The molecule has 0 unspecified atom stereocenters. The van der Waals surface area contributed by atoms with Crippen molar-refractivity contribution in [3.05, 3.63) is 21.2 Å². The first kappa shape index (κ1) is 7.32. The van der Waals surface area contributed by atoms with Crippen LogP contribution in [0.5, 0.6) is 0 Å². The number of halogens is 2. The van der Waals surface area contributed by atoms with Crippen LogP contribution in [0.1, 0.15) is 6.92 Å². The molecule has 0 aliphatic carbocycles. The second-order valence-corrected chi connectivity index (χ2v) is 3.08. The van der Waals surface area contributed by atoms with E-state index >= 15 is 0 Å². The maximum Gasteiger partial charge on any atom is 0.131 e. The Hall–Kier alpha value is 0.210. The van der Waals surface area contributed by atoms with Crippen molar-refractivity contribution in [1.29, 1.82) is 0 Å². The molecule has 0 bridgehead atoms. The summed E-state index contributed by atoms with van der Waals surface area (Å²) in [5, 5.41) is 3.03. The minimum absolute atomic E-state index is 0.515. The van der Waals surface area contributed by atoms with Gasteiger partial charge in [0.25, 0.3) is 0 Å². The van der Waals surface area contributed by atoms with E-state index < -0.39 is 0 Å². The summed E-state index contributed by atoms with van der Waals surface area (Å²) in [5.41, 5.74) is 1.01. The van der Waals surface area contributed by atoms with Gasteiger partial charge in [-0.15, -0.1) is 0 Å². The van der Waals surface area contributed by atoms with Crippen molar-refractivity contribution in [2.24, 2.45) is 0 Å². The number of allylic oxidation sites excluding steroid dienone is 2. The highest BCUT2D eigenvalue weighted by molar-refractivity contribution is 8.00. The maximum atomic E-state index is 5.72. The van der Waals surface area contributed by atoms with Crippen LogP contribution < -0.4 is 4.72 Å². The highest BCUT2D eigenvalue weighted by Gasteiger charge is 2.07. The predicted molar refractivity (Wildman–Crippen MR) is 43.2 cm³/mol. The molecule has 0 saturated heterocycles. The van der Waals surface area contributed by atoms with Gasteiger partial charge in [0.05, 0.1) is 5.03 Å². The van der Waals surface area contributed by atoms with Crippen molar-refractivity contribution >= 4 is 35.1 Å². The Kier molecular flexibility index (Phi) is 2.33. The molecule has 0 aromatic rings. The van der Waals surface area contributed by atoms with Gasteiger partial charge in [-0.3, -0.25) is 0 Å². The van der Waals surface area contributed by atoms with Gasteiger partial charge in [-0.05, 0) is 29.9 Å². The Morgan fingerprint density at radius 2 is 2.22 bits per heavy atom. The van der Waals surface area contributed by atoms with E-state index in [0.29, 0.717) is 10.2 Å². The minimum atomic E-state index is 0.515. The van der Waals surface area contributed by atoms with Crippen molar-refractivity contribution in [1.82, 2.24) is 4.72 Å². The van der Waals surface area contributed by atoms with E-state index in [1.54, 1.807) is 0 Å². The van der Waals surface area contributed by atoms with Gasteiger partial charge in [0.15, 0.2) is 0 Å². The normalized spacial score (nSPS) is 19.2. The number of nitrogens with one attached hydrogen (secondary N) is 1. The van der Waals surface area contributed by atoms with Gasteiger partial charge in [0, 0.05) is 0 Å². The third kappa shape index (κ3) is 1.57. The average molecular weight is 182 g/mol. The lowest BCUT2D eigenvalue weighted by molar-refractivity contribution is 1.31. The summed E-state index contributed by atoms with van der Waals surface area (Å²) in [4.78, 5) is 0. The monoisotopic (exact) mass is 181 g/mol. The second kappa shape index (κ2) is 2.86. The van der Waals surface area contributed by atoms with Crippen molar-refractivity contribution in [2.45, 2.75) is 6.92 Å². The Labute approximate surface area is 68.2 Å². The largest absolute Gasteiger partial charge is 0.315 e. The summed E-state index contributed by atoms with van der Waals surface area (Å²) in [5.74, 6) is 0. The zero-order valence-corrected chi connectivity index (χ0v) is 7.07. The first-order valence-electron chi connectivity index (χ1n) is 2.36. The molecule has 0 spiro atoms. The van der Waals surface area contributed by atoms with Crippen molar-refractivity contribution in [2.75, 3.05) is 0 Å². The fourth-order valence-electron chi connectivity index (χ4n) is 0.439. The fourth-order valence-corrected chi connectivity index (χ4v) is 1.50. The number of hydrogen-bond donors (Lipinski definition) is 1. The molecule has 1 N–H and O–H groups in total. The quantitative estimate of drug-likeness (QED) is 0.456. The molecule has 0 aromatic heterocycles. The van der Waals surface area contributed by atoms with E-state index in [0.717, 1.165) is 5.57 Å². The van der Waals surface area contributed by atoms with E-state index in [1.807, 2.05) is 12.3 Å². The smallest absolute Gasteiger partial charge is 0.131 e.